The van der Waals surface area contributed by atoms with Crippen molar-refractivity contribution >= 4 is 43.7 Å². The first-order valence-electron chi connectivity index (χ1n) is 16.4. The molecule has 0 saturated carbocycles. The van der Waals surface area contributed by atoms with Crippen LogP contribution < -0.4 is 0 Å². The molecular formula is C42H36N4O. The van der Waals surface area contributed by atoms with E-state index < -0.39 is 0 Å². The molecule has 1 aliphatic carbocycles. The van der Waals surface area contributed by atoms with Crippen LogP contribution in [0.25, 0.3) is 72.5 Å². The largest absolute Gasteiger partial charge is 0.456 e. The van der Waals surface area contributed by atoms with Crippen molar-refractivity contribution in [1.82, 2.24) is 19.5 Å². The molecule has 0 bridgehead atoms. The van der Waals surface area contributed by atoms with Gasteiger partial charge in [0.25, 0.3) is 0 Å². The Bertz CT molecular complexity index is 2480. The Morgan fingerprint density at radius 2 is 1.02 bits per heavy atom. The number of nitrogens with zero attached hydrogens (tertiary/aromatic N) is 4. The highest BCUT2D eigenvalue weighted by Crippen LogP contribution is 2.62. The average molecular weight is 613 g/mol. The van der Waals surface area contributed by atoms with Crippen molar-refractivity contribution in [3.63, 3.8) is 0 Å². The van der Waals surface area contributed by atoms with Crippen molar-refractivity contribution in [2.75, 3.05) is 0 Å². The first kappa shape index (κ1) is 28.0. The lowest BCUT2D eigenvalue weighted by molar-refractivity contribution is 0.125. The van der Waals surface area contributed by atoms with Gasteiger partial charge in [0.2, 0.25) is 5.95 Å². The lowest BCUT2D eigenvalue weighted by Gasteiger charge is -2.44. The molecule has 230 valence electrons. The molecule has 0 aliphatic heterocycles. The van der Waals surface area contributed by atoms with E-state index in [4.69, 9.17) is 19.4 Å². The summed E-state index contributed by atoms with van der Waals surface area (Å²) < 4.78 is 8.67. The quantitative estimate of drug-likeness (QED) is 0.199. The standard InChI is InChI=1S/C42H36N4O/c1-40(2)31-22-29-28-21-30-27-19-13-14-20-35(27)47-36(30)24-34(28)46(33(29)23-32(31)41(3,4)42(40,5)6)39-44-37(25-15-9-7-10-16-25)43-38(45-39)26-17-11-8-12-18-26/h7-24H,1-6H3. The third-order valence-electron chi connectivity index (χ3n) is 11.8. The molecule has 0 N–H and O–H groups in total. The van der Waals surface area contributed by atoms with Crippen molar-refractivity contribution in [2.45, 2.75) is 52.4 Å². The van der Waals surface area contributed by atoms with Gasteiger partial charge in [0.05, 0.1) is 11.0 Å². The zero-order chi connectivity index (χ0) is 32.3. The molecule has 0 spiro atoms. The number of fused-ring (bicyclic) bond motifs is 7. The summed E-state index contributed by atoms with van der Waals surface area (Å²) in [5.41, 5.74) is 8.43. The molecule has 47 heavy (non-hydrogen) atoms. The second kappa shape index (κ2) is 9.38. The molecule has 1 aliphatic rings. The van der Waals surface area contributed by atoms with Crippen LogP contribution in [0.3, 0.4) is 0 Å². The fraction of sp³-hybridized carbons (Fsp3) is 0.214. The molecule has 0 amide bonds. The lowest BCUT2D eigenvalue weighted by atomic mass is 9.59. The molecule has 5 heteroatoms. The number of furan rings is 1. The molecule has 0 unspecified atom stereocenters. The van der Waals surface area contributed by atoms with Gasteiger partial charge in [0.15, 0.2) is 11.6 Å². The Labute approximate surface area is 273 Å². The smallest absolute Gasteiger partial charge is 0.238 e. The predicted octanol–water partition coefficient (Wildman–Crippen LogP) is 10.8. The Balaban J connectivity index is 1.44. The topological polar surface area (TPSA) is 56.7 Å². The van der Waals surface area contributed by atoms with Gasteiger partial charge >= 0.3 is 0 Å². The van der Waals surface area contributed by atoms with Crippen LogP contribution in [-0.2, 0) is 10.8 Å². The van der Waals surface area contributed by atoms with Gasteiger partial charge in [-0.2, -0.15) is 9.97 Å². The van der Waals surface area contributed by atoms with Crippen molar-refractivity contribution in [2.24, 2.45) is 5.41 Å². The fourth-order valence-electron chi connectivity index (χ4n) is 7.88. The SMILES string of the molecule is CC1(C)c2cc3c4cc5c(cc4n(-c4nc(-c6ccccc6)nc(-c6ccccc6)n4)c3cc2C(C)(C)C1(C)C)oc1ccccc15. The van der Waals surface area contributed by atoms with E-state index in [1.54, 1.807) is 0 Å². The van der Waals surface area contributed by atoms with Gasteiger partial charge in [-0.3, -0.25) is 4.57 Å². The molecule has 9 rings (SSSR count). The number of hydrogen-bond donors (Lipinski definition) is 0. The van der Waals surface area contributed by atoms with Crippen LogP contribution in [0.5, 0.6) is 0 Å². The third kappa shape index (κ3) is 3.74. The van der Waals surface area contributed by atoms with Crippen LogP contribution in [-0.4, -0.2) is 19.5 Å². The van der Waals surface area contributed by atoms with E-state index >= 15 is 0 Å². The Morgan fingerprint density at radius 3 is 1.66 bits per heavy atom. The molecule has 0 saturated heterocycles. The average Bonchev–Trinajstić information content (AvgIpc) is 3.64. The van der Waals surface area contributed by atoms with Crippen LogP contribution in [0.4, 0.5) is 0 Å². The maximum atomic E-state index is 6.44. The second-order valence-electron chi connectivity index (χ2n) is 14.6. The van der Waals surface area contributed by atoms with E-state index in [0.29, 0.717) is 17.6 Å². The van der Waals surface area contributed by atoms with Crippen LogP contribution in [0.2, 0.25) is 0 Å². The molecule has 5 aromatic carbocycles. The van der Waals surface area contributed by atoms with Gasteiger partial charge < -0.3 is 4.42 Å². The predicted molar refractivity (Wildman–Crippen MR) is 192 cm³/mol. The zero-order valence-corrected chi connectivity index (χ0v) is 27.6. The minimum Gasteiger partial charge on any atom is -0.456 e. The monoisotopic (exact) mass is 612 g/mol. The lowest BCUT2D eigenvalue weighted by Crippen LogP contribution is -2.42. The van der Waals surface area contributed by atoms with Crippen molar-refractivity contribution in [3.05, 3.63) is 120 Å². The summed E-state index contributed by atoms with van der Waals surface area (Å²) in [5.74, 6) is 1.86. The van der Waals surface area contributed by atoms with E-state index in [0.717, 1.165) is 49.5 Å². The van der Waals surface area contributed by atoms with Gasteiger partial charge in [0.1, 0.15) is 11.2 Å². The number of aromatic nitrogens is 4. The minimum atomic E-state index is -0.0609. The fourth-order valence-corrected chi connectivity index (χ4v) is 7.88. The number of rotatable bonds is 3. The first-order valence-corrected chi connectivity index (χ1v) is 16.4. The van der Waals surface area contributed by atoms with Crippen molar-refractivity contribution in [3.8, 4) is 28.7 Å². The van der Waals surface area contributed by atoms with Gasteiger partial charge in [-0.1, -0.05) is 120 Å². The van der Waals surface area contributed by atoms with E-state index in [1.807, 2.05) is 48.5 Å². The van der Waals surface area contributed by atoms with Gasteiger partial charge in [-0.25, -0.2) is 4.98 Å². The van der Waals surface area contributed by atoms with Crippen LogP contribution in [0.1, 0.15) is 52.7 Å². The summed E-state index contributed by atoms with van der Waals surface area (Å²) in [7, 11) is 0. The summed E-state index contributed by atoms with van der Waals surface area (Å²) in [4.78, 5) is 15.4. The molecule has 3 heterocycles. The summed E-state index contributed by atoms with van der Waals surface area (Å²) in [5, 5.41) is 4.57. The van der Waals surface area contributed by atoms with Gasteiger partial charge in [-0.05, 0) is 51.6 Å². The molecule has 0 radical (unpaired) electrons. The molecule has 0 atom stereocenters. The van der Waals surface area contributed by atoms with Gasteiger partial charge in [0, 0.05) is 38.7 Å². The maximum absolute atomic E-state index is 6.44. The van der Waals surface area contributed by atoms with E-state index in [2.05, 4.69) is 107 Å². The van der Waals surface area contributed by atoms with Gasteiger partial charge in [-0.15, -0.1) is 0 Å². The van der Waals surface area contributed by atoms with Crippen LogP contribution in [0, 0.1) is 5.41 Å². The molecule has 5 nitrogen and oxygen atoms in total. The summed E-state index contributed by atoms with van der Waals surface area (Å²) >= 11 is 0. The highest BCUT2D eigenvalue weighted by Gasteiger charge is 2.57. The highest BCUT2D eigenvalue weighted by molar-refractivity contribution is 6.17. The van der Waals surface area contributed by atoms with E-state index in [-0.39, 0.29) is 16.2 Å². The summed E-state index contributed by atoms with van der Waals surface area (Å²) in [6, 6.07) is 37.9. The van der Waals surface area contributed by atoms with Crippen LogP contribution in [0.15, 0.2) is 114 Å². The van der Waals surface area contributed by atoms with E-state index in [9.17, 15) is 0 Å². The second-order valence-corrected chi connectivity index (χ2v) is 14.6. The highest BCUT2D eigenvalue weighted by atomic mass is 16.3. The Morgan fingerprint density at radius 1 is 0.489 bits per heavy atom. The van der Waals surface area contributed by atoms with Crippen LogP contribution >= 0.6 is 0 Å². The molecule has 3 aromatic heterocycles. The summed E-state index contributed by atoms with van der Waals surface area (Å²) in [6.07, 6.45) is 0. The molecule has 8 aromatic rings. The van der Waals surface area contributed by atoms with Crippen molar-refractivity contribution < 1.29 is 4.42 Å². The van der Waals surface area contributed by atoms with Crippen molar-refractivity contribution in [1.29, 1.82) is 0 Å². The number of para-hydroxylation sites is 1. The molecular weight excluding hydrogens is 576 g/mol. The maximum Gasteiger partial charge on any atom is 0.238 e. The Kier molecular flexibility index (Phi) is 5.59. The normalized spacial score (nSPS) is 16.4. The van der Waals surface area contributed by atoms with E-state index in [1.165, 1.54) is 16.5 Å². The first-order chi connectivity index (χ1) is 22.6. The number of hydrogen-bond acceptors (Lipinski definition) is 4. The Hall–Kier alpha value is -5.29. The zero-order valence-electron chi connectivity index (χ0n) is 27.6. The summed E-state index contributed by atoms with van der Waals surface area (Å²) in [6.45, 7) is 14.4. The minimum absolute atomic E-state index is 0.0317. The third-order valence-corrected chi connectivity index (χ3v) is 11.8. The number of benzene rings is 5. The molecule has 0 fully saturated rings.